The summed E-state index contributed by atoms with van der Waals surface area (Å²) in [5, 5.41) is 11.2. The molecule has 20 heavy (non-hydrogen) atoms. The minimum Gasteiger partial charge on any atom is -0.350 e. The van der Waals surface area contributed by atoms with Crippen molar-refractivity contribution < 1.29 is 9.59 Å². The van der Waals surface area contributed by atoms with Crippen molar-refractivity contribution in [2.75, 3.05) is 13.1 Å². The monoisotopic (exact) mass is 277 g/mol. The van der Waals surface area contributed by atoms with Crippen LogP contribution < -0.4 is 5.32 Å². The van der Waals surface area contributed by atoms with E-state index in [1.807, 2.05) is 6.92 Å². The number of nitrogens with zero attached hydrogens (tertiary/aromatic N) is 4. The first-order valence-electron chi connectivity index (χ1n) is 7.09. The molecule has 0 unspecified atom stereocenters. The van der Waals surface area contributed by atoms with Gasteiger partial charge in [0.2, 0.25) is 11.8 Å². The van der Waals surface area contributed by atoms with E-state index < -0.39 is 0 Å². The minimum absolute atomic E-state index is 0.0700. The molecule has 3 rings (SSSR count). The molecule has 2 amide bonds. The number of fused-ring (bicyclic) bond motifs is 1. The number of aryl methyl sites for hydroxylation is 2. The van der Waals surface area contributed by atoms with Crippen molar-refractivity contribution in [2.24, 2.45) is 0 Å². The third kappa shape index (κ3) is 2.52. The molecule has 2 aliphatic rings. The van der Waals surface area contributed by atoms with Crippen molar-refractivity contribution in [1.82, 2.24) is 25.0 Å². The summed E-state index contributed by atoms with van der Waals surface area (Å²) in [6.45, 7) is 3.52. The van der Waals surface area contributed by atoms with Crippen LogP contribution in [0.25, 0.3) is 0 Å². The first-order chi connectivity index (χ1) is 9.63. The molecule has 0 aromatic carbocycles. The molecule has 1 N–H and O–H groups in total. The van der Waals surface area contributed by atoms with Crippen LogP contribution in [0.15, 0.2) is 0 Å². The number of hydrogen-bond acceptors (Lipinski definition) is 4. The van der Waals surface area contributed by atoms with Crippen molar-refractivity contribution in [2.45, 2.75) is 45.2 Å². The number of likely N-dealkylation sites (tertiary alicyclic amines) is 1. The van der Waals surface area contributed by atoms with Crippen LogP contribution in [-0.2, 0) is 22.6 Å². The first kappa shape index (κ1) is 13.1. The quantitative estimate of drug-likeness (QED) is 0.818. The smallest absolute Gasteiger partial charge is 0.239 e. The summed E-state index contributed by atoms with van der Waals surface area (Å²) in [5.74, 6) is 1.89. The van der Waals surface area contributed by atoms with E-state index in [1.54, 1.807) is 4.90 Å². The van der Waals surface area contributed by atoms with Crippen molar-refractivity contribution in [3.8, 4) is 0 Å². The molecule has 0 spiro atoms. The topological polar surface area (TPSA) is 80.1 Å². The molecule has 0 bridgehead atoms. The van der Waals surface area contributed by atoms with Crippen LogP contribution in [0.3, 0.4) is 0 Å². The van der Waals surface area contributed by atoms with Gasteiger partial charge < -0.3 is 14.8 Å². The molecular formula is C13H19N5O2. The Bertz CT molecular complexity index is 539. The highest BCUT2D eigenvalue weighted by Crippen LogP contribution is 2.15. The van der Waals surface area contributed by atoms with Gasteiger partial charge in [0.15, 0.2) is 0 Å². The van der Waals surface area contributed by atoms with Crippen molar-refractivity contribution >= 4 is 11.8 Å². The van der Waals surface area contributed by atoms with Gasteiger partial charge in [0.1, 0.15) is 11.6 Å². The van der Waals surface area contributed by atoms with Crippen LogP contribution >= 0.6 is 0 Å². The molecule has 0 radical (unpaired) electrons. The van der Waals surface area contributed by atoms with E-state index in [1.165, 1.54) is 0 Å². The molecule has 3 heterocycles. The van der Waals surface area contributed by atoms with Gasteiger partial charge in [-0.3, -0.25) is 9.59 Å². The predicted octanol–water partition coefficient (Wildman–Crippen LogP) is -0.360. The van der Waals surface area contributed by atoms with Crippen LogP contribution in [-0.4, -0.2) is 50.6 Å². The van der Waals surface area contributed by atoms with E-state index >= 15 is 0 Å². The average Bonchev–Trinajstić information content (AvgIpc) is 2.98. The number of amides is 2. The van der Waals surface area contributed by atoms with E-state index in [9.17, 15) is 9.59 Å². The van der Waals surface area contributed by atoms with Gasteiger partial charge in [-0.15, -0.1) is 10.2 Å². The van der Waals surface area contributed by atoms with Gasteiger partial charge in [-0.2, -0.15) is 0 Å². The fraction of sp³-hybridized carbons (Fsp3) is 0.692. The summed E-state index contributed by atoms with van der Waals surface area (Å²) in [6, 6.07) is 0.0994. The molecule has 1 aromatic heterocycles. The summed E-state index contributed by atoms with van der Waals surface area (Å²) in [7, 11) is 0. The molecule has 7 nitrogen and oxygen atoms in total. The van der Waals surface area contributed by atoms with E-state index in [0.717, 1.165) is 30.9 Å². The van der Waals surface area contributed by atoms with Crippen LogP contribution in [0.1, 0.15) is 30.9 Å². The summed E-state index contributed by atoms with van der Waals surface area (Å²) in [4.78, 5) is 25.1. The zero-order valence-electron chi connectivity index (χ0n) is 11.6. The number of nitrogens with one attached hydrogen (secondary N) is 1. The maximum atomic E-state index is 12.0. The Labute approximate surface area is 117 Å². The van der Waals surface area contributed by atoms with Crippen LogP contribution in [0, 0.1) is 6.92 Å². The van der Waals surface area contributed by atoms with Gasteiger partial charge in [0.25, 0.3) is 0 Å². The Morgan fingerprint density at radius 1 is 1.40 bits per heavy atom. The maximum Gasteiger partial charge on any atom is 0.239 e. The highest BCUT2D eigenvalue weighted by atomic mass is 16.2. The number of carbonyl (C=O) groups excluding carboxylic acids is 2. The van der Waals surface area contributed by atoms with Gasteiger partial charge in [0, 0.05) is 32.0 Å². The highest BCUT2D eigenvalue weighted by Gasteiger charge is 2.26. The van der Waals surface area contributed by atoms with Crippen molar-refractivity contribution in [3.63, 3.8) is 0 Å². The second-order valence-corrected chi connectivity index (χ2v) is 5.50. The van der Waals surface area contributed by atoms with Gasteiger partial charge in [-0.1, -0.05) is 0 Å². The second-order valence-electron chi connectivity index (χ2n) is 5.50. The fourth-order valence-corrected chi connectivity index (χ4v) is 2.90. The third-order valence-corrected chi connectivity index (χ3v) is 4.00. The lowest BCUT2D eigenvalue weighted by Gasteiger charge is -2.26. The highest BCUT2D eigenvalue weighted by molar-refractivity contribution is 5.85. The summed E-state index contributed by atoms with van der Waals surface area (Å²) < 4.78 is 2.05. The second kappa shape index (κ2) is 5.22. The average molecular weight is 277 g/mol. The Morgan fingerprint density at radius 2 is 2.25 bits per heavy atom. The summed E-state index contributed by atoms with van der Waals surface area (Å²) in [5.41, 5.74) is 0. The number of carbonyl (C=O) groups is 2. The maximum absolute atomic E-state index is 12.0. The van der Waals surface area contributed by atoms with Crippen LogP contribution in [0.2, 0.25) is 0 Å². The Hall–Kier alpha value is -1.92. The van der Waals surface area contributed by atoms with Gasteiger partial charge in [-0.05, 0) is 19.8 Å². The van der Waals surface area contributed by atoms with Gasteiger partial charge >= 0.3 is 0 Å². The molecular weight excluding hydrogens is 258 g/mol. The molecule has 1 saturated heterocycles. The molecule has 0 saturated carbocycles. The molecule has 1 atom stereocenters. The number of aromatic nitrogens is 3. The van der Waals surface area contributed by atoms with E-state index in [-0.39, 0.29) is 24.4 Å². The number of hydrogen-bond donors (Lipinski definition) is 1. The molecule has 108 valence electrons. The van der Waals surface area contributed by atoms with Crippen LogP contribution in [0.5, 0.6) is 0 Å². The first-order valence-corrected chi connectivity index (χ1v) is 7.09. The normalized spacial score (nSPS) is 21.9. The third-order valence-electron chi connectivity index (χ3n) is 4.00. The Kier molecular flexibility index (Phi) is 3.42. The standard InChI is InChI=1S/C13H19N5O2/c1-9-15-16-11-5-4-10(7-18(9)11)14-12(19)8-17-6-2-3-13(17)20/h10H,2-8H2,1H3,(H,14,19)/t10-/m1/s1. The molecule has 7 heteroatoms. The molecule has 2 aliphatic heterocycles. The summed E-state index contributed by atoms with van der Waals surface area (Å²) in [6.07, 6.45) is 3.13. The van der Waals surface area contributed by atoms with E-state index in [2.05, 4.69) is 20.1 Å². The van der Waals surface area contributed by atoms with E-state index in [0.29, 0.717) is 19.5 Å². The van der Waals surface area contributed by atoms with Gasteiger partial charge in [0.05, 0.1) is 6.54 Å². The fourth-order valence-electron chi connectivity index (χ4n) is 2.90. The van der Waals surface area contributed by atoms with Crippen LogP contribution in [0.4, 0.5) is 0 Å². The lowest BCUT2D eigenvalue weighted by atomic mass is 10.1. The molecule has 1 aromatic rings. The Balaban J connectivity index is 1.55. The summed E-state index contributed by atoms with van der Waals surface area (Å²) >= 11 is 0. The van der Waals surface area contributed by atoms with Gasteiger partial charge in [-0.25, -0.2) is 0 Å². The zero-order chi connectivity index (χ0) is 14.1. The SMILES string of the molecule is Cc1nnc2n1C[C@H](NC(=O)CN1CCCC1=O)CC2. The predicted molar refractivity (Wildman–Crippen MR) is 70.8 cm³/mol. The lowest BCUT2D eigenvalue weighted by Crippen LogP contribution is -2.45. The number of rotatable bonds is 3. The Morgan fingerprint density at radius 3 is 3.00 bits per heavy atom. The largest absolute Gasteiger partial charge is 0.350 e. The minimum atomic E-state index is -0.0700. The van der Waals surface area contributed by atoms with E-state index in [4.69, 9.17) is 0 Å². The van der Waals surface area contributed by atoms with Crippen molar-refractivity contribution in [3.05, 3.63) is 11.6 Å². The lowest BCUT2D eigenvalue weighted by molar-refractivity contribution is -0.133. The zero-order valence-corrected chi connectivity index (χ0v) is 11.6. The molecule has 1 fully saturated rings. The molecule has 0 aliphatic carbocycles. The van der Waals surface area contributed by atoms with Crippen molar-refractivity contribution in [1.29, 1.82) is 0 Å².